The topological polar surface area (TPSA) is 30.0 Å². The number of hydrogen-bond acceptors (Lipinski definition) is 2. The summed E-state index contributed by atoms with van der Waals surface area (Å²) < 4.78 is 29.8. The van der Waals surface area contributed by atoms with E-state index in [9.17, 15) is 4.39 Å². The van der Waals surface area contributed by atoms with Gasteiger partial charge in [-0.3, -0.25) is 0 Å². The molecule has 0 amide bonds. The third-order valence-corrected chi connectivity index (χ3v) is 9.72. The third-order valence-electron chi connectivity index (χ3n) is 6.60. The third kappa shape index (κ3) is 4.08. The predicted octanol–water partition coefficient (Wildman–Crippen LogP) is 7.35. The van der Waals surface area contributed by atoms with Crippen LogP contribution < -0.4 is 15.9 Å². The molecule has 37 heavy (non-hydrogen) atoms. The summed E-state index contributed by atoms with van der Waals surface area (Å²) in [6.07, 6.45) is 0. The molecule has 6 rings (SSSR count). The molecule has 0 bridgehead atoms. The van der Waals surface area contributed by atoms with E-state index in [1.54, 1.807) is 12.1 Å². The van der Waals surface area contributed by atoms with E-state index in [-0.39, 0.29) is 5.82 Å². The van der Waals surface area contributed by atoms with Gasteiger partial charge in [-0.2, -0.15) is 0 Å². The largest absolute Gasteiger partial charge is 0.309 e. The summed E-state index contributed by atoms with van der Waals surface area (Å²) in [4.78, 5) is 5.08. The van der Waals surface area contributed by atoms with Gasteiger partial charge in [0.05, 0.1) is 16.5 Å². The highest BCUT2D eigenvalue weighted by Gasteiger charge is 2.36. The molecule has 1 aromatic heterocycles. The molecule has 178 valence electrons. The van der Waals surface area contributed by atoms with Gasteiger partial charge >= 0.3 is 0 Å². The first-order valence-electron chi connectivity index (χ1n) is 12.1. The first-order valence-corrected chi connectivity index (χ1v) is 13.8. The van der Waals surface area contributed by atoms with Crippen LogP contribution in [0.25, 0.3) is 33.3 Å². The van der Waals surface area contributed by atoms with Gasteiger partial charge in [0, 0.05) is 27.1 Å². The van der Waals surface area contributed by atoms with E-state index in [1.807, 2.05) is 115 Å². The average molecular weight is 500 g/mol. The maximum atomic E-state index is 15.8. The van der Waals surface area contributed by atoms with E-state index in [0.29, 0.717) is 16.6 Å². The molecule has 6 aromatic rings. The minimum Gasteiger partial charge on any atom is -0.309 e. The maximum Gasteiger partial charge on any atom is 0.173 e. The number of pyridine rings is 1. The van der Waals surface area contributed by atoms with Crippen molar-refractivity contribution in [1.29, 1.82) is 0 Å². The Hall–Kier alpha value is -4.33. The number of aromatic nitrogens is 1. The minimum atomic E-state index is -3.46. The standard InChI is InChI=1S/C33H23FNOP/c34-26-22-20-25(21-23-26)32-33(37(36,27-14-6-2-7-15-27)28-16-8-3-9-17-28)31(24-12-4-1-5-13-24)29-18-10-11-19-30(29)35-32/h1-23H. The zero-order chi connectivity index (χ0) is 25.2. The van der Waals surface area contributed by atoms with Gasteiger partial charge in [0.15, 0.2) is 7.14 Å². The Labute approximate surface area is 215 Å². The zero-order valence-corrected chi connectivity index (χ0v) is 20.9. The number of benzene rings is 5. The first-order chi connectivity index (χ1) is 18.2. The van der Waals surface area contributed by atoms with E-state index in [0.717, 1.165) is 32.6 Å². The SMILES string of the molecule is O=P(c1ccccc1)(c1ccccc1)c1c(-c2ccc(F)cc2)nc2ccccc2c1-c1ccccc1. The highest BCUT2D eigenvalue weighted by Crippen LogP contribution is 2.49. The van der Waals surface area contributed by atoms with Gasteiger partial charge < -0.3 is 4.57 Å². The van der Waals surface area contributed by atoms with Crippen LogP contribution in [0, 0.1) is 5.82 Å². The Bertz CT molecular complexity index is 1690. The zero-order valence-electron chi connectivity index (χ0n) is 20.0. The molecule has 4 heteroatoms. The number of rotatable bonds is 5. The molecular weight excluding hydrogens is 476 g/mol. The van der Waals surface area contributed by atoms with Crippen molar-refractivity contribution in [2.75, 3.05) is 0 Å². The lowest BCUT2D eigenvalue weighted by atomic mass is 9.98. The van der Waals surface area contributed by atoms with E-state index in [2.05, 4.69) is 0 Å². The second-order valence-electron chi connectivity index (χ2n) is 8.85. The average Bonchev–Trinajstić information content (AvgIpc) is 2.97. The van der Waals surface area contributed by atoms with Crippen LogP contribution in [-0.4, -0.2) is 4.98 Å². The monoisotopic (exact) mass is 499 g/mol. The molecule has 0 aliphatic rings. The van der Waals surface area contributed by atoms with Gasteiger partial charge in [-0.05, 0) is 35.9 Å². The quantitative estimate of drug-likeness (QED) is 0.232. The normalized spacial score (nSPS) is 11.5. The van der Waals surface area contributed by atoms with Gasteiger partial charge in [-0.1, -0.05) is 109 Å². The molecule has 0 unspecified atom stereocenters. The summed E-state index contributed by atoms with van der Waals surface area (Å²) in [5.74, 6) is -0.330. The molecule has 0 saturated heterocycles. The summed E-state index contributed by atoms with van der Waals surface area (Å²) in [7, 11) is -3.46. The van der Waals surface area contributed by atoms with Crippen molar-refractivity contribution in [1.82, 2.24) is 4.98 Å². The van der Waals surface area contributed by atoms with Crippen LogP contribution in [0.15, 0.2) is 140 Å². The van der Waals surface area contributed by atoms with Crippen molar-refractivity contribution in [3.63, 3.8) is 0 Å². The van der Waals surface area contributed by atoms with E-state index < -0.39 is 7.14 Å². The van der Waals surface area contributed by atoms with E-state index in [4.69, 9.17) is 4.98 Å². The Morgan fingerprint density at radius 3 is 1.65 bits per heavy atom. The highest BCUT2D eigenvalue weighted by atomic mass is 31.2. The van der Waals surface area contributed by atoms with Gasteiger partial charge in [-0.15, -0.1) is 0 Å². The molecule has 0 spiro atoms. The van der Waals surface area contributed by atoms with Crippen LogP contribution >= 0.6 is 7.14 Å². The van der Waals surface area contributed by atoms with Gasteiger partial charge in [-0.25, -0.2) is 9.37 Å². The lowest BCUT2D eigenvalue weighted by Crippen LogP contribution is -2.28. The number of para-hydroxylation sites is 1. The number of nitrogens with zero attached hydrogens (tertiary/aromatic N) is 1. The Balaban J connectivity index is 1.85. The van der Waals surface area contributed by atoms with Crippen molar-refractivity contribution < 1.29 is 8.96 Å². The Morgan fingerprint density at radius 1 is 0.541 bits per heavy atom. The highest BCUT2D eigenvalue weighted by molar-refractivity contribution is 7.85. The first kappa shape index (κ1) is 23.1. The van der Waals surface area contributed by atoms with Crippen molar-refractivity contribution in [2.45, 2.75) is 0 Å². The van der Waals surface area contributed by atoms with E-state index >= 15 is 4.57 Å². The second-order valence-corrected chi connectivity index (χ2v) is 11.6. The second kappa shape index (κ2) is 9.61. The number of halogens is 1. The molecule has 0 radical (unpaired) electrons. The fourth-order valence-electron chi connectivity index (χ4n) is 4.90. The van der Waals surface area contributed by atoms with E-state index in [1.165, 1.54) is 12.1 Å². The van der Waals surface area contributed by atoms with Crippen LogP contribution in [0.3, 0.4) is 0 Å². The molecular formula is C33H23FNOP. The van der Waals surface area contributed by atoms with Crippen LogP contribution in [0.5, 0.6) is 0 Å². The van der Waals surface area contributed by atoms with Crippen molar-refractivity contribution in [2.24, 2.45) is 0 Å². The Kier molecular flexibility index (Phi) is 6.00. The fraction of sp³-hybridized carbons (Fsp3) is 0. The predicted molar refractivity (Wildman–Crippen MR) is 152 cm³/mol. The lowest BCUT2D eigenvalue weighted by Gasteiger charge is -2.26. The van der Waals surface area contributed by atoms with Crippen LogP contribution in [0.1, 0.15) is 0 Å². The molecule has 1 heterocycles. The molecule has 0 N–H and O–H groups in total. The molecule has 0 saturated carbocycles. The summed E-state index contributed by atoms with van der Waals surface area (Å²) in [6.45, 7) is 0. The molecule has 0 atom stereocenters. The van der Waals surface area contributed by atoms with Crippen LogP contribution in [-0.2, 0) is 4.57 Å². The molecule has 0 aliphatic heterocycles. The fourth-order valence-corrected chi connectivity index (χ4v) is 7.94. The van der Waals surface area contributed by atoms with Crippen molar-refractivity contribution in [3.8, 4) is 22.4 Å². The molecule has 0 fully saturated rings. The lowest BCUT2D eigenvalue weighted by molar-refractivity contribution is 0.592. The van der Waals surface area contributed by atoms with Crippen LogP contribution in [0.2, 0.25) is 0 Å². The summed E-state index contributed by atoms with van der Waals surface area (Å²) in [5, 5.41) is 3.01. The summed E-state index contributed by atoms with van der Waals surface area (Å²) in [5.41, 5.74) is 3.92. The van der Waals surface area contributed by atoms with Gasteiger partial charge in [0.1, 0.15) is 5.82 Å². The molecule has 2 nitrogen and oxygen atoms in total. The summed E-state index contributed by atoms with van der Waals surface area (Å²) >= 11 is 0. The molecule has 5 aromatic carbocycles. The van der Waals surface area contributed by atoms with Crippen molar-refractivity contribution >= 4 is 34.0 Å². The Morgan fingerprint density at radius 2 is 1.05 bits per heavy atom. The van der Waals surface area contributed by atoms with Crippen molar-refractivity contribution in [3.05, 3.63) is 145 Å². The molecule has 0 aliphatic carbocycles. The maximum absolute atomic E-state index is 15.8. The smallest absolute Gasteiger partial charge is 0.173 e. The minimum absolute atomic E-state index is 0.330. The van der Waals surface area contributed by atoms with Gasteiger partial charge in [0.2, 0.25) is 0 Å². The summed E-state index contributed by atoms with van der Waals surface area (Å²) in [6, 6.07) is 43.4. The van der Waals surface area contributed by atoms with Gasteiger partial charge in [0.25, 0.3) is 0 Å². The number of fused-ring (bicyclic) bond motifs is 1. The number of hydrogen-bond donors (Lipinski definition) is 0. The van der Waals surface area contributed by atoms with Crippen LogP contribution in [0.4, 0.5) is 4.39 Å².